The second-order valence-electron chi connectivity index (χ2n) is 7.22. The van der Waals surface area contributed by atoms with Gasteiger partial charge in [-0.3, -0.25) is 0 Å². The van der Waals surface area contributed by atoms with Gasteiger partial charge in [-0.25, -0.2) is 9.78 Å². The van der Waals surface area contributed by atoms with Crippen LogP contribution in [0.3, 0.4) is 0 Å². The summed E-state index contributed by atoms with van der Waals surface area (Å²) in [5.41, 5.74) is 2.31. The zero-order valence-corrected chi connectivity index (χ0v) is 16.4. The van der Waals surface area contributed by atoms with Crippen molar-refractivity contribution in [2.75, 3.05) is 13.2 Å². The Labute approximate surface area is 172 Å². The van der Waals surface area contributed by atoms with E-state index in [1.54, 1.807) is 36.5 Å². The van der Waals surface area contributed by atoms with Crippen LogP contribution >= 0.6 is 0 Å². The highest BCUT2D eigenvalue weighted by molar-refractivity contribution is 5.73. The minimum absolute atomic E-state index is 0.119. The third-order valence-corrected chi connectivity index (χ3v) is 4.43. The van der Waals surface area contributed by atoms with Gasteiger partial charge in [0.05, 0.1) is 13.2 Å². The first-order valence-electron chi connectivity index (χ1n) is 9.69. The predicted octanol–water partition coefficient (Wildman–Crippen LogP) is 3.95. The van der Waals surface area contributed by atoms with Crippen molar-refractivity contribution in [1.82, 2.24) is 15.6 Å². The summed E-state index contributed by atoms with van der Waals surface area (Å²) in [5.74, 6) is 1.25. The van der Waals surface area contributed by atoms with Crippen molar-refractivity contribution in [3.05, 3.63) is 59.3 Å². The average Bonchev–Trinajstić information content (AvgIpc) is 3.54. The van der Waals surface area contributed by atoms with Crippen molar-refractivity contribution in [3.8, 4) is 5.88 Å². The van der Waals surface area contributed by atoms with Gasteiger partial charge in [0.25, 0.3) is 0 Å². The van der Waals surface area contributed by atoms with Crippen LogP contribution in [0.4, 0.5) is 18.0 Å². The summed E-state index contributed by atoms with van der Waals surface area (Å²) >= 11 is 0. The molecule has 162 valence electrons. The first-order valence-corrected chi connectivity index (χ1v) is 9.69. The summed E-state index contributed by atoms with van der Waals surface area (Å²) in [5, 5.41) is 5.47. The van der Waals surface area contributed by atoms with E-state index in [1.165, 1.54) is 12.8 Å². The van der Waals surface area contributed by atoms with E-state index in [2.05, 4.69) is 20.4 Å². The second-order valence-corrected chi connectivity index (χ2v) is 7.22. The lowest BCUT2D eigenvalue weighted by atomic mass is 10.1. The maximum Gasteiger partial charge on any atom is 0.411 e. The molecule has 3 rings (SSSR count). The Morgan fingerprint density at radius 3 is 2.23 bits per heavy atom. The molecule has 1 aromatic carbocycles. The Morgan fingerprint density at radius 1 is 1.00 bits per heavy atom. The first kappa shape index (κ1) is 21.9. The van der Waals surface area contributed by atoms with Gasteiger partial charge in [-0.1, -0.05) is 30.3 Å². The highest BCUT2D eigenvalue weighted by Crippen LogP contribution is 2.29. The van der Waals surface area contributed by atoms with E-state index in [0.29, 0.717) is 37.1 Å². The number of amides is 2. The van der Waals surface area contributed by atoms with Gasteiger partial charge in [-0.15, -0.1) is 0 Å². The fraction of sp³-hybridized carbons (Fsp3) is 0.429. The summed E-state index contributed by atoms with van der Waals surface area (Å²) in [6.45, 7) is -0.0676. The van der Waals surface area contributed by atoms with Crippen molar-refractivity contribution in [2.24, 2.45) is 5.92 Å². The van der Waals surface area contributed by atoms with Crippen LogP contribution in [0.1, 0.15) is 29.5 Å². The van der Waals surface area contributed by atoms with Gasteiger partial charge < -0.3 is 20.1 Å². The standard InChI is InChI=1S/C21H24F3N3O3/c22-21(23,24)14-29-12-16-3-1-15(2-4-16)9-26-20(28)27-11-18-7-8-19(25-10-18)30-13-17-5-6-17/h1-4,7-8,10,17H,5-6,9,11-14H2,(H2,26,27,28). The van der Waals surface area contributed by atoms with Gasteiger partial charge in [0.1, 0.15) is 6.61 Å². The van der Waals surface area contributed by atoms with Gasteiger partial charge in [0.15, 0.2) is 0 Å². The molecule has 0 saturated heterocycles. The zero-order chi connectivity index (χ0) is 21.4. The minimum Gasteiger partial charge on any atom is -0.477 e. The summed E-state index contributed by atoms with van der Waals surface area (Å²) in [6, 6.07) is 10.1. The Hall–Kier alpha value is -2.81. The molecular weight excluding hydrogens is 399 g/mol. The smallest absolute Gasteiger partial charge is 0.411 e. The maximum atomic E-state index is 12.1. The fourth-order valence-corrected chi connectivity index (χ4v) is 2.55. The third kappa shape index (κ3) is 8.28. The number of halogens is 3. The summed E-state index contributed by atoms with van der Waals surface area (Å²) in [6.07, 6.45) is -0.226. The SMILES string of the molecule is O=C(NCc1ccc(COCC(F)(F)F)cc1)NCc1ccc(OCC2CC2)nc1. The molecule has 9 heteroatoms. The highest BCUT2D eigenvalue weighted by atomic mass is 19.4. The summed E-state index contributed by atoms with van der Waals surface area (Å²) < 4.78 is 46.4. The van der Waals surface area contributed by atoms with Crippen molar-refractivity contribution in [3.63, 3.8) is 0 Å². The topological polar surface area (TPSA) is 72.5 Å². The Morgan fingerprint density at radius 2 is 1.63 bits per heavy atom. The molecule has 2 N–H and O–H groups in total. The van der Waals surface area contributed by atoms with Crippen LogP contribution < -0.4 is 15.4 Å². The largest absolute Gasteiger partial charge is 0.477 e. The molecule has 0 spiro atoms. The van der Waals surface area contributed by atoms with E-state index in [-0.39, 0.29) is 12.6 Å². The molecule has 0 radical (unpaired) electrons. The molecule has 1 aromatic heterocycles. The molecule has 30 heavy (non-hydrogen) atoms. The molecule has 0 unspecified atom stereocenters. The second kappa shape index (κ2) is 10.3. The number of hydrogen-bond acceptors (Lipinski definition) is 4. The number of alkyl halides is 3. The third-order valence-electron chi connectivity index (χ3n) is 4.43. The van der Waals surface area contributed by atoms with Crippen molar-refractivity contribution in [2.45, 2.75) is 38.7 Å². The van der Waals surface area contributed by atoms with E-state index in [9.17, 15) is 18.0 Å². The van der Waals surface area contributed by atoms with Crippen LogP contribution in [0.5, 0.6) is 5.88 Å². The number of hydrogen-bond donors (Lipinski definition) is 2. The molecule has 2 amide bonds. The number of rotatable bonds is 10. The van der Waals surface area contributed by atoms with E-state index in [1.807, 2.05) is 6.07 Å². The molecular formula is C21H24F3N3O3. The van der Waals surface area contributed by atoms with Gasteiger partial charge in [-0.05, 0) is 35.4 Å². The van der Waals surface area contributed by atoms with E-state index < -0.39 is 12.8 Å². The molecule has 1 aliphatic rings. The summed E-state index contributed by atoms with van der Waals surface area (Å²) in [7, 11) is 0. The Kier molecular flexibility index (Phi) is 7.51. The molecule has 6 nitrogen and oxygen atoms in total. The Bertz CT molecular complexity index is 807. The van der Waals surface area contributed by atoms with Gasteiger partial charge in [-0.2, -0.15) is 13.2 Å². The number of benzene rings is 1. The number of nitrogens with zero attached hydrogens (tertiary/aromatic N) is 1. The number of carbonyl (C=O) groups is 1. The normalized spacial score (nSPS) is 13.7. The molecule has 0 atom stereocenters. The molecule has 1 saturated carbocycles. The van der Waals surface area contributed by atoms with Crippen LogP contribution in [-0.4, -0.2) is 30.4 Å². The average molecular weight is 423 g/mol. The zero-order valence-electron chi connectivity index (χ0n) is 16.4. The monoisotopic (exact) mass is 423 g/mol. The number of ether oxygens (including phenoxy) is 2. The van der Waals surface area contributed by atoms with Gasteiger partial charge in [0.2, 0.25) is 5.88 Å². The lowest BCUT2D eigenvalue weighted by Crippen LogP contribution is -2.34. The molecule has 1 fully saturated rings. The van der Waals surface area contributed by atoms with Crippen LogP contribution in [0.25, 0.3) is 0 Å². The van der Waals surface area contributed by atoms with Gasteiger partial charge in [0, 0.05) is 25.4 Å². The molecule has 1 aliphatic carbocycles. The quantitative estimate of drug-likeness (QED) is 0.607. The van der Waals surface area contributed by atoms with Crippen LogP contribution in [0.2, 0.25) is 0 Å². The molecule has 0 aliphatic heterocycles. The maximum absolute atomic E-state index is 12.1. The number of urea groups is 1. The number of carbonyl (C=O) groups excluding carboxylic acids is 1. The predicted molar refractivity (Wildman–Crippen MR) is 104 cm³/mol. The van der Waals surface area contributed by atoms with E-state index in [4.69, 9.17) is 4.74 Å². The molecule has 0 bridgehead atoms. The lowest BCUT2D eigenvalue weighted by molar-refractivity contribution is -0.176. The lowest BCUT2D eigenvalue weighted by Gasteiger charge is -2.10. The first-order chi connectivity index (χ1) is 14.4. The van der Waals surface area contributed by atoms with Crippen molar-refractivity contribution >= 4 is 6.03 Å². The van der Waals surface area contributed by atoms with E-state index >= 15 is 0 Å². The summed E-state index contributed by atoms with van der Waals surface area (Å²) in [4.78, 5) is 16.2. The highest BCUT2D eigenvalue weighted by Gasteiger charge is 2.27. The van der Waals surface area contributed by atoms with Gasteiger partial charge >= 0.3 is 12.2 Å². The minimum atomic E-state index is -4.33. The van der Waals surface area contributed by atoms with Crippen LogP contribution in [0, 0.1) is 5.92 Å². The van der Waals surface area contributed by atoms with E-state index in [0.717, 1.165) is 11.1 Å². The number of nitrogens with one attached hydrogen (secondary N) is 2. The molecule has 1 heterocycles. The van der Waals surface area contributed by atoms with Crippen molar-refractivity contribution in [1.29, 1.82) is 0 Å². The Balaban J connectivity index is 1.33. The van der Waals surface area contributed by atoms with Crippen molar-refractivity contribution < 1.29 is 27.4 Å². The fourth-order valence-electron chi connectivity index (χ4n) is 2.55. The van der Waals surface area contributed by atoms with Crippen LogP contribution in [-0.2, 0) is 24.4 Å². The number of aromatic nitrogens is 1. The molecule has 2 aromatic rings. The number of pyridine rings is 1. The van der Waals surface area contributed by atoms with Crippen LogP contribution in [0.15, 0.2) is 42.6 Å².